The number of rotatable bonds is 9. The minimum atomic E-state index is -1.18. The van der Waals surface area contributed by atoms with Crippen molar-refractivity contribution in [2.75, 3.05) is 13.6 Å². The van der Waals surface area contributed by atoms with E-state index in [1.807, 2.05) is 0 Å². The Labute approximate surface area is 316 Å². The summed E-state index contributed by atoms with van der Waals surface area (Å²) in [6.07, 6.45) is 7.96. The number of aliphatic hydroxyl groups is 1. The summed E-state index contributed by atoms with van der Waals surface area (Å²) < 4.78 is 6.15. The Kier molecular flexibility index (Phi) is 9.94. The van der Waals surface area contributed by atoms with E-state index >= 15 is 0 Å². The third-order valence-corrected chi connectivity index (χ3v) is 16.2. The highest BCUT2D eigenvalue weighted by Crippen LogP contribution is 2.77. The Bertz CT molecular complexity index is 1680. The second kappa shape index (κ2) is 13.3. The predicted molar refractivity (Wildman–Crippen MR) is 203 cm³/mol. The van der Waals surface area contributed by atoms with E-state index in [0.717, 1.165) is 50.5 Å². The van der Waals surface area contributed by atoms with Crippen molar-refractivity contribution >= 4 is 23.6 Å². The number of allylic oxidation sites excluding steroid dienone is 1. The Balaban J connectivity index is 1.28. The zero-order chi connectivity index (χ0) is 39.1. The van der Waals surface area contributed by atoms with Crippen LogP contribution < -0.4 is 0 Å². The molecule has 0 aliphatic heterocycles. The minimum Gasteiger partial charge on any atom is -0.481 e. The van der Waals surface area contributed by atoms with Crippen LogP contribution in [0.25, 0.3) is 0 Å². The molecule has 9 nitrogen and oxygen atoms in total. The number of Topliss-reactive ketones (excluding diaryl/α,β-unsaturated/α-hetero) is 1. The van der Waals surface area contributed by atoms with Crippen molar-refractivity contribution in [1.82, 2.24) is 9.88 Å². The molecule has 2 unspecified atom stereocenters. The Hall–Kier alpha value is -3.07. The zero-order valence-corrected chi connectivity index (χ0v) is 33.9. The number of aliphatic hydroxyl groups excluding tert-OH is 1. The molecule has 0 radical (unpaired) electrons. The molecular weight excluding hydrogens is 668 g/mol. The molecule has 292 valence electrons. The number of pyridine rings is 1. The molecule has 1 aromatic rings. The van der Waals surface area contributed by atoms with Gasteiger partial charge in [0, 0.05) is 37.0 Å². The van der Waals surface area contributed by atoms with Gasteiger partial charge in [0.05, 0.1) is 17.9 Å². The molecule has 4 fully saturated rings. The molecule has 4 saturated carbocycles. The number of nitrogens with zero attached hydrogens (tertiary/aromatic N) is 2. The number of ether oxygens (including phenoxy) is 1. The van der Waals surface area contributed by atoms with Crippen molar-refractivity contribution in [2.45, 2.75) is 139 Å². The van der Waals surface area contributed by atoms with Gasteiger partial charge in [-0.1, -0.05) is 60.1 Å². The van der Waals surface area contributed by atoms with Crippen LogP contribution in [0.2, 0.25) is 0 Å². The van der Waals surface area contributed by atoms with Gasteiger partial charge < -0.3 is 19.8 Å². The van der Waals surface area contributed by atoms with Crippen molar-refractivity contribution in [3.63, 3.8) is 0 Å². The molecule has 2 N–H and O–H groups in total. The van der Waals surface area contributed by atoms with E-state index in [0.29, 0.717) is 30.4 Å². The van der Waals surface area contributed by atoms with Gasteiger partial charge in [-0.15, -0.1) is 0 Å². The number of carbonyl (C=O) groups is 4. The Morgan fingerprint density at radius 2 is 1.66 bits per heavy atom. The number of amides is 1. The molecule has 0 bridgehead atoms. The van der Waals surface area contributed by atoms with Crippen molar-refractivity contribution in [1.29, 1.82) is 0 Å². The van der Waals surface area contributed by atoms with Crippen LogP contribution >= 0.6 is 0 Å². The first-order valence-electron chi connectivity index (χ1n) is 20.1. The monoisotopic (exact) mass is 732 g/mol. The van der Waals surface area contributed by atoms with E-state index in [2.05, 4.69) is 53.5 Å². The average Bonchev–Trinajstić information content (AvgIpc) is 3.39. The lowest BCUT2D eigenvalue weighted by Crippen LogP contribution is -2.66. The second-order valence-electron chi connectivity index (χ2n) is 20.0. The standard InChI is InChI=1S/C44H64N2O7/c1-26(2)35-29(47)23-44(32(48)25-46(10)37(50)28-13-11-12-22-45-28)21-20-42(8)27(36(35)44)14-15-31-41(7)18-17-33(53-34(49)24-39(3,4)38(51)52)40(5,6)30(41)16-19-43(31,42)9/h11-13,22,26-27,30-33,48H,14-21,23-25H2,1-10H3,(H,51,52)/t27-,30+,31-,32?,33+,41+,42-,43-,44?/m1/s1. The molecule has 5 aliphatic carbocycles. The molecule has 1 amide bonds. The van der Waals surface area contributed by atoms with E-state index in [4.69, 9.17) is 4.74 Å². The molecule has 6 rings (SSSR count). The predicted octanol–water partition coefficient (Wildman–Crippen LogP) is 7.91. The van der Waals surface area contributed by atoms with Crippen LogP contribution in [0.5, 0.6) is 0 Å². The fraction of sp³-hybridized carbons (Fsp3) is 0.750. The first-order chi connectivity index (χ1) is 24.6. The smallest absolute Gasteiger partial charge is 0.309 e. The molecule has 9 heteroatoms. The lowest BCUT2D eigenvalue weighted by atomic mass is 9.33. The van der Waals surface area contributed by atoms with Crippen molar-refractivity contribution < 1.29 is 34.1 Å². The van der Waals surface area contributed by atoms with Crippen LogP contribution in [-0.2, 0) is 19.1 Å². The van der Waals surface area contributed by atoms with Gasteiger partial charge in [0.1, 0.15) is 11.8 Å². The van der Waals surface area contributed by atoms with Gasteiger partial charge in [-0.05, 0) is 123 Å². The third-order valence-electron chi connectivity index (χ3n) is 16.2. The topological polar surface area (TPSA) is 134 Å². The number of carboxylic acids is 1. The van der Waals surface area contributed by atoms with Crippen molar-refractivity contribution in [3.05, 3.63) is 41.2 Å². The first-order valence-corrected chi connectivity index (χ1v) is 20.1. The summed E-state index contributed by atoms with van der Waals surface area (Å²) in [5.74, 6) is -0.545. The third kappa shape index (κ3) is 6.01. The van der Waals surface area contributed by atoms with Crippen molar-refractivity contribution in [3.8, 4) is 0 Å². The highest BCUT2D eigenvalue weighted by Gasteiger charge is 2.71. The van der Waals surface area contributed by atoms with Crippen molar-refractivity contribution in [2.24, 2.45) is 56.2 Å². The van der Waals surface area contributed by atoms with E-state index in [9.17, 15) is 29.4 Å². The maximum atomic E-state index is 14.1. The van der Waals surface area contributed by atoms with Crippen LogP contribution in [0.1, 0.15) is 137 Å². The largest absolute Gasteiger partial charge is 0.481 e. The van der Waals surface area contributed by atoms with Crippen LogP contribution in [0.4, 0.5) is 0 Å². The molecular formula is C44H64N2O7. The van der Waals surface area contributed by atoms with Gasteiger partial charge in [-0.25, -0.2) is 0 Å². The summed E-state index contributed by atoms with van der Waals surface area (Å²) in [6.45, 7) is 19.5. The summed E-state index contributed by atoms with van der Waals surface area (Å²) in [6, 6.07) is 5.25. The number of hydrogen-bond acceptors (Lipinski definition) is 7. The average molecular weight is 733 g/mol. The normalized spacial score (nSPS) is 36.9. The lowest BCUT2D eigenvalue weighted by molar-refractivity contribution is -0.235. The van der Waals surface area contributed by atoms with Gasteiger partial charge >= 0.3 is 11.9 Å². The number of esters is 1. The lowest BCUT2D eigenvalue weighted by Gasteiger charge is -2.72. The molecule has 1 heterocycles. The van der Waals surface area contributed by atoms with E-state index in [1.54, 1.807) is 50.2 Å². The number of aromatic nitrogens is 1. The number of fused-ring (bicyclic) bond motifs is 7. The van der Waals surface area contributed by atoms with Gasteiger partial charge in [0.15, 0.2) is 5.78 Å². The molecule has 1 aromatic heterocycles. The highest BCUT2D eigenvalue weighted by atomic mass is 16.5. The second-order valence-corrected chi connectivity index (χ2v) is 20.0. The fourth-order valence-electron chi connectivity index (χ4n) is 13.1. The summed E-state index contributed by atoms with van der Waals surface area (Å²) in [5.41, 5.74) is 0.227. The highest BCUT2D eigenvalue weighted by molar-refractivity contribution is 6.01. The molecule has 0 aromatic carbocycles. The van der Waals surface area contributed by atoms with Crippen LogP contribution in [0.3, 0.4) is 0 Å². The van der Waals surface area contributed by atoms with Crippen LogP contribution in [-0.4, -0.2) is 69.5 Å². The Morgan fingerprint density at radius 1 is 0.962 bits per heavy atom. The maximum Gasteiger partial charge on any atom is 0.309 e. The number of hydrogen-bond donors (Lipinski definition) is 2. The molecule has 5 aliphatic rings. The molecule has 0 spiro atoms. The quantitative estimate of drug-likeness (QED) is 0.245. The maximum absolute atomic E-state index is 14.1. The molecule has 53 heavy (non-hydrogen) atoms. The minimum absolute atomic E-state index is 0.00412. The first kappa shape index (κ1) is 39.6. The van der Waals surface area contributed by atoms with Gasteiger partial charge in [-0.2, -0.15) is 0 Å². The number of carboxylic acid groups (broad SMARTS) is 1. The zero-order valence-electron chi connectivity index (χ0n) is 33.9. The van der Waals surface area contributed by atoms with Crippen LogP contribution in [0.15, 0.2) is 35.5 Å². The Morgan fingerprint density at radius 3 is 2.28 bits per heavy atom. The fourth-order valence-corrected chi connectivity index (χ4v) is 13.1. The SMILES string of the molecule is CC(C)C1=C2[C@H]3CC[C@@H]4[C@@]5(C)CC[C@H](OC(=O)CC(C)(C)C(=O)O)C(C)(C)[C@@H]5CC[C@@]4(C)[C@]3(C)CCC2(C(O)CN(C)C(=O)c2ccccn2)CC1=O. The van der Waals surface area contributed by atoms with E-state index in [1.165, 1.54) is 5.57 Å². The van der Waals surface area contributed by atoms with E-state index < -0.39 is 28.9 Å². The van der Waals surface area contributed by atoms with Gasteiger partial charge in [0.2, 0.25) is 0 Å². The molecule has 9 atom stereocenters. The van der Waals surface area contributed by atoms with E-state index in [-0.39, 0.29) is 64.3 Å². The summed E-state index contributed by atoms with van der Waals surface area (Å²) >= 11 is 0. The summed E-state index contributed by atoms with van der Waals surface area (Å²) in [7, 11) is 1.71. The van der Waals surface area contributed by atoms with Gasteiger partial charge in [0.25, 0.3) is 5.91 Å². The number of likely N-dealkylation sites (N-methyl/N-ethyl adjacent to an activating group) is 1. The number of carbonyl (C=O) groups excluding carboxylic acids is 3. The number of ketones is 1. The number of aliphatic carboxylic acids is 1. The van der Waals surface area contributed by atoms with Gasteiger partial charge in [-0.3, -0.25) is 24.2 Å². The summed E-state index contributed by atoms with van der Waals surface area (Å²) in [5, 5.41) is 21.9. The van der Waals surface area contributed by atoms with Crippen LogP contribution in [0, 0.1) is 56.2 Å². The summed E-state index contributed by atoms with van der Waals surface area (Å²) in [4.78, 5) is 58.1. The molecule has 0 saturated heterocycles.